The number of rotatable bonds is 1. The van der Waals surface area contributed by atoms with Crippen molar-refractivity contribution in [2.45, 2.75) is 34.1 Å². The van der Waals surface area contributed by atoms with Gasteiger partial charge < -0.3 is 0 Å². The van der Waals surface area contributed by atoms with Gasteiger partial charge in [0.25, 0.3) is 0 Å². The molecule has 0 aliphatic carbocycles. The van der Waals surface area contributed by atoms with Crippen molar-refractivity contribution in [2.75, 3.05) is 0 Å². The Morgan fingerprint density at radius 1 is 1.29 bits per heavy atom. The van der Waals surface area contributed by atoms with Crippen LogP contribution in [0.3, 0.4) is 0 Å². The van der Waals surface area contributed by atoms with E-state index in [1.54, 1.807) is 11.3 Å². The van der Waals surface area contributed by atoms with Gasteiger partial charge in [0.1, 0.15) is 0 Å². The van der Waals surface area contributed by atoms with Crippen molar-refractivity contribution in [3.05, 3.63) is 28.8 Å². The summed E-state index contributed by atoms with van der Waals surface area (Å²) in [7, 11) is 0. The molecule has 0 radical (unpaired) electrons. The lowest BCUT2D eigenvalue weighted by atomic mass is 10.2. The Balaban J connectivity index is 0.000000461. The van der Waals surface area contributed by atoms with Crippen molar-refractivity contribution in [1.29, 1.82) is 0 Å². The van der Waals surface area contributed by atoms with Crippen molar-refractivity contribution >= 4 is 21.6 Å². The standard InChI is InChI=1S/C10H11NS.C2H6/c1-3-8-4-5-10-9(6-8)11-7(2)12-10;1-2/h4-6H,3H2,1-2H3;1-2H3. The summed E-state index contributed by atoms with van der Waals surface area (Å²) in [5, 5.41) is 1.15. The molecule has 2 rings (SSSR count). The van der Waals surface area contributed by atoms with Gasteiger partial charge in [-0.1, -0.05) is 26.8 Å². The van der Waals surface area contributed by atoms with E-state index in [2.05, 4.69) is 37.0 Å². The molecule has 2 aromatic rings. The quantitative estimate of drug-likeness (QED) is 0.683. The van der Waals surface area contributed by atoms with Crippen LogP contribution in [0.1, 0.15) is 31.3 Å². The molecule has 2 heteroatoms. The van der Waals surface area contributed by atoms with E-state index in [9.17, 15) is 0 Å². The van der Waals surface area contributed by atoms with Gasteiger partial charge in [-0.05, 0) is 31.0 Å². The van der Waals surface area contributed by atoms with Crippen molar-refractivity contribution in [3.63, 3.8) is 0 Å². The summed E-state index contributed by atoms with van der Waals surface area (Å²) < 4.78 is 1.30. The van der Waals surface area contributed by atoms with Gasteiger partial charge >= 0.3 is 0 Å². The van der Waals surface area contributed by atoms with Crippen LogP contribution in [0.5, 0.6) is 0 Å². The highest BCUT2D eigenvalue weighted by Gasteiger charge is 1.99. The number of benzene rings is 1. The van der Waals surface area contributed by atoms with E-state index in [4.69, 9.17) is 0 Å². The summed E-state index contributed by atoms with van der Waals surface area (Å²) in [6.07, 6.45) is 1.09. The van der Waals surface area contributed by atoms with E-state index in [0.717, 1.165) is 16.9 Å². The van der Waals surface area contributed by atoms with Crippen molar-refractivity contribution in [2.24, 2.45) is 0 Å². The van der Waals surface area contributed by atoms with Crippen LogP contribution in [0.15, 0.2) is 18.2 Å². The molecule has 1 heterocycles. The molecule has 14 heavy (non-hydrogen) atoms. The lowest BCUT2D eigenvalue weighted by molar-refractivity contribution is 1.14. The monoisotopic (exact) mass is 207 g/mol. The smallest absolute Gasteiger partial charge is 0.0907 e. The summed E-state index contributed by atoms with van der Waals surface area (Å²) in [5.41, 5.74) is 2.52. The molecule has 76 valence electrons. The van der Waals surface area contributed by atoms with E-state index < -0.39 is 0 Å². The van der Waals surface area contributed by atoms with Crippen molar-refractivity contribution < 1.29 is 0 Å². The minimum atomic E-state index is 1.09. The van der Waals surface area contributed by atoms with Gasteiger partial charge in [-0.3, -0.25) is 0 Å². The van der Waals surface area contributed by atoms with Crippen LogP contribution in [0.4, 0.5) is 0 Å². The van der Waals surface area contributed by atoms with Crippen LogP contribution in [-0.2, 0) is 6.42 Å². The Kier molecular flexibility index (Phi) is 4.08. The third kappa shape index (κ3) is 2.32. The molecule has 0 amide bonds. The minimum Gasteiger partial charge on any atom is -0.242 e. The van der Waals surface area contributed by atoms with Gasteiger partial charge in [0.2, 0.25) is 0 Å². The molecular weight excluding hydrogens is 190 g/mol. The zero-order chi connectivity index (χ0) is 10.6. The second kappa shape index (κ2) is 5.11. The summed E-state index contributed by atoms with van der Waals surface area (Å²) >= 11 is 1.76. The lowest BCUT2D eigenvalue weighted by Crippen LogP contribution is -1.78. The van der Waals surface area contributed by atoms with Gasteiger partial charge in [-0.15, -0.1) is 11.3 Å². The third-order valence-corrected chi connectivity index (χ3v) is 2.92. The Morgan fingerprint density at radius 2 is 2.00 bits per heavy atom. The molecule has 0 unspecified atom stereocenters. The average Bonchev–Trinajstić information content (AvgIpc) is 2.59. The second-order valence-electron chi connectivity index (χ2n) is 2.89. The topological polar surface area (TPSA) is 12.9 Å². The second-order valence-corrected chi connectivity index (χ2v) is 4.12. The number of nitrogens with zero attached hydrogens (tertiary/aromatic N) is 1. The van der Waals surface area contributed by atoms with Crippen LogP contribution in [0, 0.1) is 6.92 Å². The number of fused-ring (bicyclic) bond motifs is 1. The van der Waals surface area contributed by atoms with Crippen LogP contribution in [0.2, 0.25) is 0 Å². The fourth-order valence-electron chi connectivity index (χ4n) is 1.31. The Hall–Kier alpha value is -0.890. The first-order chi connectivity index (χ1) is 6.79. The first kappa shape index (κ1) is 11.2. The number of aryl methyl sites for hydroxylation is 2. The first-order valence-corrected chi connectivity index (χ1v) is 5.97. The summed E-state index contributed by atoms with van der Waals surface area (Å²) in [6, 6.07) is 6.53. The maximum Gasteiger partial charge on any atom is 0.0907 e. The average molecular weight is 207 g/mol. The fraction of sp³-hybridized carbons (Fsp3) is 0.417. The van der Waals surface area contributed by atoms with Crippen LogP contribution in [0.25, 0.3) is 10.2 Å². The third-order valence-electron chi connectivity index (χ3n) is 1.97. The molecule has 0 atom stereocenters. The highest BCUT2D eigenvalue weighted by Crippen LogP contribution is 2.22. The molecule has 0 aliphatic heterocycles. The number of hydrogen-bond donors (Lipinski definition) is 0. The largest absolute Gasteiger partial charge is 0.242 e. The maximum absolute atomic E-state index is 4.44. The SMILES string of the molecule is CC.CCc1ccc2sc(C)nc2c1. The maximum atomic E-state index is 4.44. The van der Waals surface area contributed by atoms with Gasteiger partial charge in [-0.2, -0.15) is 0 Å². The summed E-state index contributed by atoms with van der Waals surface area (Å²) in [6.45, 7) is 8.22. The molecule has 0 fully saturated rings. The highest BCUT2D eigenvalue weighted by molar-refractivity contribution is 7.18. The predicted octanol–water partition coefficient (Wildman–Crippen LogP) is 4.19. The van der Waals surface area contributed by atoms with Gasteiger partial charge in [0, 0.05) is 0 Å². The lowest BCUT2D eigenvalue weighted by Gasteiger charge is -1.93. The molecule has 0 saturated heterocycles. The van der Waals surface area contributed by atoms with Crippen LogP contribution in [-0.4, -0.2) is 4.98 Å². The Morgan fingerprint density at radius 3 is 2.64 bits per heavy atom. The number of thiazole rings is 1. The molecule has 0 N–H and O–H groups in total. The zero-order valence-electron chi connectivity index (χ0n) is 9.29. The zero-order valence-corrected chi connectivity index (χ0v) is 10.1. The van der Waals surface area contributed by atoms with Crippen molar-refractivity contribution in [1.82, 2.24) is 4.98 Å². The number of hydrogen-bond acceptors (Lipinski definition) is 2. The molecule has 0 bridgehead atoms. The molecule has 0 spiro atoms. The highest BCUT2D eigenvalue weighted by atomic mass is 32.1. The molecule has 1 nitrogen and oxygen atoms in total. The van der Waals surface area contributed by atoms with Gasteiger partial charge in [-0.25, -0.2) is 4.98 Å². The van der Waals surface area contributed by atoms with E-state index in [0.29, 0.717) is 0 Å². The van der Waals surface area contributed by atoms with Crippen molar-refractivity contribution in [3.8, 4) is 0 Å². The van der Waals surface area contributed by atoms with E-state index >= 15 is 0 Å². The van der Waals surface area contributed by atoms with E-state index in [-0.39, 0.29) is 0 Å². The van der Waals surface area contributed by atoms with E-state index in [1.807, 2.05) is 13.8 Å². The van der Waals surface area contributed by atoms with Gasteiger partial charge in [0.15, 0.2) is 0 Å². The molecule has 1 aromatic carbocycles. The molecular formula is C12H17NS. The summed E-state index contributed by atoms with van der Waals surface area (Å²) in [5.74, 6) is 0. The molecule has 0 aliphatic rings. The fourth-order valence-corrected chi connectivity index (χ4v) is 2.12. The van der Waals surface area contributed by atoms with Crippen LogP contribution >= 0.6 is 11.3 Å². The van der Waals surface area contributed by atoms with Crippen LogP contribution < -0.4 is 0 Å². The molecule has 0 saturated carbocycles. The van der Waals surface area contributed by atoms with Gasteiger partial charge in [0.05, 0.1) is 15.2 Å². The molecule has 1 aromatic heterocycles. The minimum absolute atomic E-state index is 1.09. The predicted molar refractivity (Wildman–Crippen MR) is 65.1 cm³/mol. The first-order valence-electron chi connectivity index (χ1n) is 5.15. The summed E-state index contributed by atoms with van der Waals surface area (Å²) in [4.78, 5) is 4.44. The Bertz CT molecular complexity index is 404. The normalized spacial score (nSPS) is 9.71. The van der Waals surface area contributed by atoms with E-state index in [1.165, 1.54) is 10.3 Å². The Labute approximate surface area is 89.8 Å². The number of aromatic nitrogens is 1.